The fourth-order valence-electron chi connectivity index (χ4n) is 2.78. The number of hydrogen-bond donors (Lipinski definition) is 2. The third kappa shape index (κ3) is 5.23. The second-order valence-electron chi connectivity index (χ2n) is 7.63. The van der Waals surface area contributed by atoms with Crippen molar-refractivity contribution < 1.29 is 19.4 Å². The molecule has 0 aliphatic carbocycles. The fraction of sp³-hybridized carbons (Fsp3) is 0.167. The van der Waals surface area contributed by atoms with Crippen LogP contribution in [0.2, 0.25) is 0 Å². The lowest BCUT2D eigenvalue weighted by Gasteiger charge is -2.21. The van der Waals surface area contributed by atoms with Gasteiger partial charge in [0.05, 0.1) is 11.3 Å². The van der Waals surface area contributed by atoms with Gasteiger partial charge in [-0.3, -0.25) is 4.79 Å². The van der Waals surface area contributed by atoms with Crippen LogP contribution in [0.25, 0.3) is 11.1 Å². The number of carbonyl (C=O) groups is 2. The van der Waals surface area contributed by atoms with Crippen molar-refractivity contribution in [3.05, 3.63) is 83.9 Å². The van der Waals surface area contributed by atoms with E-state index in [0.717, 1.165) is 11.1 Å². The summed E-state index contributed by atoms with van der Waals surface area (Å²) in [6.45, 7) is 5.37. The van der Waals surface area contributed by atoms with E-state index >= 15 is 0 Å². The molecule has 0 saturated carbocycles. The highest BCUT2D eigenvalue weighted by Crippen LogP contribution is 2.29. The molecule has 5 heteroatoms. The summed E-state index contributed by atoms with van der Waals surface area (Å²) in [5.74, 6) is -0.673. The second-order valence-corrected chi connectivity index (χ2v) is 7.63. The van der Waals surface area contributed by atoms with Crippen molar-refractivity contribution in [3.8, 4) is 16.9 Å². The number of nitrogens with one attached hydrogen (secondary N) is 1. The monoisotopic (exact) mass is 389 g/mol. The topological polar surface area (TPSA) is 75.6 Å². The van der Waals surface area contributed by atoms with Crippen molar-refractivity contribution in [1.29, 1.82) is 0 Å². The van der Waals surface area contributed by atoms with Gasteiger partial charge in [-0.1, -0.05) is 36.4 Å². The molecule has 0 fully saturated rings. The molecule has 0 aliphatic heterocycles. The molecule has 0 unspecified atom stereocenters. The SMILES string of the molecule is CC(C)(C)OC(=O)c1ccc(-c2ccc(O)cc2)cc1NC(=O)c1ccccc1. The van der Waals surface area contributed by atoms with Crippen LogP contribution in [-0.4, -0.2) is 22.6 Å². The minimum absolute atomic E-state index is 0.164. The number of hydrogen-bond acceptors (Lipinski definition) is 4. The maximum absolute atomic E-state index is 12.7. The minimum Gasteiger partial charge on any atom is -0.508 e. The maximum atomic E-state index is 12.7. The Balaban J connectivity index is 2.00. The van der Waals surface area contributed by atoms with E-state index in [9.17, 15) is 14.7 Å². The molecule has 0 atom stereocenters. The van der Waals surface area contributed by atoms with Gasteiger partial charge < -0.3 is 15.2 Å². The van der Waals surface area contributed by atoms with Crippen molar-refractivity contribution in [2.24, 2.45) is 0 Å². The molecule has 0 aromatic heterocycles. The lowest BCUT2D eigenvalue weighted by Crippen LogP contribution is -2.25. The van der Waals surface area contributed by atoms with Gasteiger partial charge in [-0.05, 0) is 68.3 Å². The molecule has 0 heterocycles. The van der Waals surface area contributed by atoms with E-state index in [4.69, 9.17) is 4.74 Å². The largest absolute Gasteiger partial charge is 0.508 e. The van der Waals surface area contributed by atoms with Crippen LogP contribution in [0.15, 0.2) is 72.8 Å². The van der Waals surface area contributed by atoms with Gasteiger partial charge in [-0.15, -0.1) is 0 Å². The van der Waals surface area contributed by atoms with Gasteiger partial charge in [-0.2, -0.15) is 0 Å². The Bertz CT molecular complexity index is 1020. The van der Waals surface area contributed by atoms with Crippen molar-refractivity contribution in [3.63, 3.8) is 0 Å². The standard InChI is InChI=1S/C24H23NO4/c1-24(2,3)29-23(28)20-14-11-18(16-9-12-19(26)13-10-16)15-21(20)25-22(27)17-7-5-4-6-8-17/h4-15,26H,1-3H3,(H,25,27). The lowest BCUT2D eigenvalue weighted by atomic mass is 10.0. The molecule has 0 aliphatic rings. The summed E-state index contributed by atoms with van der Waals surface area (Å²) in [7, 11) is 0. The molecule has 3 aromatic carbocycles. The van der Waals surface area contributed by atoms with Crippen LogP contribution in [0.1, 0.15) is 41.5 Å². The lowest BCUT2D eigenvalue weighted by molar-refractivity contribution is 0.00708. The Morgan fingerprint density at radius 3 is 2.10 bits per heavy atom. The number of anilines is 1. The van der Waals surface area contributed by atoms with Crippen molar-refractivity contribution in [2.45, 2.75) is 26.4 Å². The van der Waals surface area contributed by atoms with Gasteiger partial charge in [0.15, 0.2) is 0 Å². The molecule has 2 N–H and O–H groups in total. The molecular formula is C24H23NO4. The van der Waals surface area contributed by atoms with Gasteiger partial charge in [0.2, 0.25) is 0 Å². The number of esters is 1. The van der Waals surface area contributed by atoms with E-state index in [1.54, 1.807) is 87.5 Å². The third-order valence-electron chi connectivity index (χ3n) is 4.12. The van der Waals surface area contributed by atoms with E-state index in [1.807, 2.05) is 6.07 Å². The van der Waals surface area contributed by atoms with E-state index in [0.29, 0.717) is 11.3 Å². The summed E-state index contributed by atoms with van der Waals surface area (Å²) in [4.78, 5) is 25.4. The molecule has 3 rings (SSSR count). The van der Waals surface area contributed by atoms with Gasteiger partial charge in [-0.25, -0.2) is 4.79 Å². The Labute approximate surface area is 170 Å². The molecule has 5 nitrogen and oxygen atoms in total. The number of amides is 1. The van der Waals surface area contributed by atoms with Gasteiger partial charge >= 0.3 is 5.97 Å². The number of aromatic hydroxyl groups is 1. The summed E-state index contributed by atoms with van der Waals surface area (Å²) < 4.78 is 5.49. The minimum atomic E-state index is -0.659. The Hall–Kier alpha value is -3.60. The normalized spacial score (nSPS) is 11.0. The number of ether oxygens (including phenoxy) is 1. The highest BCUT2D eigenvalue weighted by Gasteiger charge is 2.22. The van der Waals surface area contributed by atoms with Crippen LogP contribution in [0.4, 0.5) is 5.69 Å². The number of phenolic OH excluding ortho intramolecular Hbond substituents is 1. The van der Waals surface area contributed by atoms with E-state index in [2.05, 4.69) is 5.32 Å². The van der Waals surface area contributed by atoms with Crippen LogP contribution in [0, 0.1) is 0 Å². The van der Waals surface area contributed by atoms with Crippen LogP contribution in [0.5, 0.6) is 5.75 Å². The average molecular weight is 389 g/mol. The summed E-state index contributed by atoms with van der Waals surface area (Å²) in [5, 5.41) is 12.3. The first-order valence-electron chi connectivity index (χ1n) is 9.26. The molecule has 3 aromatic rings. The number of phenols is 1. The van der Waals surface area contributed by atoms with Crippen LogP contribution in [-0.2, 0) is 4.74 Å². The fourth-order valence-corrected chi connectivity index (χ4v) is 2.78. The van der Waals surface area contributed by atoms with Gasteiger partial charge in [0, 0.05) is 5.56 Å². The summed E-state index contributed by atoms with van der Waals surface area (Å²) in [6.07, 6.45) is 0. The van der Waals surface area contributed by atoms with Crippen molar-refractivity contribution in [1.82, 2.24) is 0 Å². The first kappa shape index (κ1) is 20.1. The first-order valence-corrected chi connectivity index (χ1v) is 9.26. The number of rotatable bonds is 4. The molecule has 29 heavy (non-hydrogen) atoms. The summed E-state index contributed by atoms with van der Waals surface area (Å²) in [5.41, 5.74) is 2.09. The Morgan fingerprint density at radius 2 is 1.48 bits per heavy atom. The average Bonchev–Trinajstić information content (AvgIpc) is 2.68. The highest BCUT2D eigenvalue weighted by molar-refractivity contribution is 6.08. The van der Waals surface area contributed by atoms with Crippen LogP contribution >= 0.6 is 0 Å². The van der Waals surface area contributed by atoms with Crippen molar-refractivity contribution in [2.75, 3.05) is 5.32 Å². The van der Waals surface area contributed by atoms with Crippen molar-refractivity contribution >= 4 is 17.6 Å². The number of carbonyl (C=O) groups excluding carboxylic acids is 2. The number of benzene rings is 3. The predicted octanol–water partition coefficient (Wildman–Crippen LogP) is 5.27. The highest BCUT2D eigenvalue weighted by atomic mass is 16.6. The molecule has 0 bridgehead atoms. The maximum Gasteiger partial charge on any atom is 0.340 e. The Kier molecular flexibility index (Phi) is 5.69. The summed E-state index contributed by atoms with van der Waals surface area (Å²) in [6, 6.07) is 20.6. The Morgan fingerprint density at radius 1 is 0.862 bits per heavy atom. The molecular weight excluding hydrogens is 366 g/mol. The van der Waals surface area contributed by atoms with Crippen LogP contribution < -0.4 is 5.32 Å². The molecule has 148 valence electrons. The van der Waals surface area contributed by atoms with Gasteiger partial charge in [0.1, 0.15) is 11.4 Å². The van der Waals surface area contributed by atoms with E-state index in [1.165, 1.54) is 0 Å². The first-order chi connectivity index (χ1) is 13.7. The molecule has 0 saturated heterocycles. The third-order valence-corrected chi connectivity index (χ3v) is 4.12. The van der Waals surface area contributed by atoms with Crippen LogP contribution in [0.3, 0.4) is 0 Å². The van der Waals surface area contributed by atoms with Gasteiger partial charge in [0.25, 0.3) is 5.91 Å². The zero-order valence-electron chi connectivity index (χ0n) is 16.6. The molecule has 0 radical (unpaired) electrons. The predicted molar refractivity (Wildman–Crippen MR) is 113 cm³/mol. The zero-order valence-corrected chi connectivity index (χ0v) is 16.6. The molecule has 0 spiro atoms. The molecule has 1 amide bonds. The second kappa shape index (κ2) is 8.19. The smallest absolute Gasteiger partial charge is 0.340 e. The summed E-state index contributed by atoms with van der Waals surface area (Å²) >= 11 is 0. The zero-order chi connectivity index (χ0) is 21.0. The van der Waals surface area contributed by atoms with E-state index in [-0.39, 0.29) is 17.2 Å². The quantitative estimate of drug-likeness (QED) is 0.596. The van der Waals surface area contributed by atoms with E-state index < -0.39 is 11.6 Å².